The Labute approximate surface area is 189 Å². The Balaban J connectivity index is 3.80. The average molecular weight is 497 g/mol. The van der Waals surface area contributed by atoms with Gasteiger partial charge in [0.05, 0.1) is 0 Å². The Morgan fingerprint density at radius 3 is 0.750 bits per heavy atom. The third-order valence-electron chi connectivity index (χ3n) is 6.65. The summed E-state index contributed by atoms with van der Waals surface area (Å²) in [6.45, 7) is 6.98. The van der Waals surface area contributed by atoms with E-state index < -0.39 is 21.4 Å². The van der Waals surface area contributed by atoms with Crippen LogP contribution in [0.4, 0.5) is 0 Å². The molecule has 0 fully saturated rings. The minimum atomic E-state index is -1.18. The Morgan fingerprint density at radius 1 is 0.286 bits per heavy atom. The fourth-order valence-electron chi connectivity index (χ4n) is 4.60. The van der Waals surface area contributed by atoms with Crippen molar-refractivity contribution in [3.63, 3.8) is 0 Å². The van der Waals surface area contributed by atoms with Gasteiger partial charge in [0.25, 0.3) is 0 Å². The molecule has 28 heavy (non-hydrogen) atoms. The number of unbranched alkanes of at least 4 members (excludes halogenated alkanes) is 18. The maximum absolute atomic E-state index is 2.33. The topological polar surface area (TPSA) is 0 Å². The standard InChI is InChI=1S/3C9H19.In/c3*1-3-5-7-9-8-6-4-2;/h3*1,3-9H2,2H3;. The molecule has 0 aliphatic carbocycles. The summed E-state index contributed by atoms with van der Waals surface area (Å²) in [6, 6.07) is 0. The van der Waals surface area contributed by atoms with Gasteiger partial charge >= 0.3 is 190 Å². The van der Waals surface area contributed by atoms with Gasteiger partial charge in [-0.2, -0.15) is 0 Å². The fourth-order valence-corrected chi connectivity index (χ4v) is 14.5. The van der Waals surface area contributed by atoms with Crippen molar-refractivity contribution < 1.29 is 0 Å². The monoisotopic (exact) mass is 496 g/mol. The van der Waals surface area contributed by atoms with Gasteiger partial charge in [-0.1, -0.05) is 0 Å². The summed E-state index contributed by atoms with van der Waals surface area (Å²) in [5.41, 5.74) is 0. The van der Waals surface area contributed by atoms with Gasteiger partial charge in [-0.3, -0.25) is 0 Å². The van der Waals surface area contributed by atoms with E-state index in [1.165, 1.54) is 96.3 Å². The van der Waals surface area contributed by atoms with E-state index in [2.05, 4.69) is 20.8 Å². The average Bonchev–Trinajstić information content (AvgIpc) is 2.71. The molecular weight excluding hydrogens is 439 g/mol. The molecule has 0 N–H and O–H groups in total. The quantitative estimate of drug-likeness (QED) is 0.117. The molecule has 0 radical (unpaired) electrons. The van der Waals surface area contributed by atoms with Crippen molar-refractivity contribution in [1.82, 2.24) is 0 Å². The molecule has 0 amide bonds. The molecule has 0 aromatic heterocycles. The van der Waals surface area contributed by atoms with Crippen LogP contribution in [0.15, 0.2) is 0 Å². The summed E-state index contributed by atoms with van der Waals surface area (Å²) in [5.74, 6) is 0. The van der Waals surface area contributed by atoms with Gasteiger partial charge in [0.1, 0.15) is 0 Å². The zero-order valence-corrected chi connectivity index (χ0v) is 23.8. The number of hydrogen-bond donors (Lipinski definition) is 0. The molecule has 0 unspecified atom stereocenters. The van der Waals surface area contributed by atoms with Gasteiger partial charge < -0.3 is 0 Å². The van der Waals surface area contributed by atoms with Crippen LogP contribution >= 0.6 is 0 Å². The third kappa shape index (κ3) is 23.2. The molecule has 1 heteroatoms. The zero-order chi connectivity index (χ0) is 20.5. The van der Waals surface area contributed by atoms with Gasteiger partial charge in [0.2, 0.25) is 0 Å². The van der Waals surface area contributed by atoms with Crippen molar-refractivity contribution in [2.45, 2.75) is 168 Å². The molecular formula is C27H57In. The van der Waals surface area contributed by atoms with Crippen molar-refractivity contribution in [2.75, 3.05) is 0 Å². The molecule has 0 spiro atoms. The van der Waals surface area contributed by atoms with Crippen LogP contribution in [0, 0.1) is 0 Å². The molecule has 0 heterocycles. The van der Waals surface area contributed by atoms with E-state index >= 15 is 0 Å². The van der Waals surface area contributed by atoms with E-state index in [-0.39, 0.29) is 0 Å². The van der Waals surface area contributed by atoms with Gasteiger partial charge in [-0.15, -0.1) is 0 Å². The summed E-state index contributed by atoms with van der Waals surface area (Å²) in [6.07, 6.45) is 31.5. The second-order valence-electron chi connectivity index (χ2n) is 9.60. The maximum atomic E-state index is 2.33. The molecule has 0 aromatic carbocycles. The Kier molecular flexibility index (Phi) is 26.7. The van der Waals surface area contributed by atoms with Crippen molar-refractivity contribution in [3.8, 4) is 0 Å². The first-order valence-electron chi connectivity index (χ1n) is 13.8. The first kappa shape index (κ1) is 28.9. The summed E-state index contributed by atoms with van der Waals surface area (Å²) in [4.78, 5) is 0. The van der Waals surface area contributed by atoms with Crippen molar-refractivity contribution in [1.29, 1.82) is 0 Å². The summed E-state index contributed by atoms with van der Waals surface area (Å²) < 4.78 is 5.21. The van der Waals surface area contributed by atoms with Crippen molar-refractivity contribution in [3.05, 3.63) is 0 Å². The van der Waals surface area contributed by atoms with Gasteiger partial charge in [0, 0.05) is 0 Å². The Hall–Kier alpha value is 0.870. The van der Waals surface area contributed by atoms with Crippen LogP contribution in [-0.2, 0) is 0 Å². The van der Waals surface area contributed by atoms with E-state index in [1.54, 1.807) is 51.1 Å². The number of hydrogen-bond acceptors (Lipinski definition) is 0. The molecule has 0 saturated carbocycles. The van der Waals surface area contributed by atoms with E-state index in [0.29, 0.717) is 0 Å². The minimum absolute atomic E-state index is 1.18. The van der Waals surface area contributed by atoms with Gasteiger partial charge in [-0.05, 0) is 0 Å². The molecule has 168 valence electrons. The van der Waals surface area contributed by atoms with Crippen LogP contribution in [-0.4, -0.2) is 21.4 Å². The summed E-state index contributed by atoms with van der Waals surface area (Å²) in [7, 11) is 0. The molecule has 0 saturated heterocycles. The SMILES string of the molecule is CCCCCCCC[CH2][In]([CH2]CCCCCCCC)[CH2]CCCCCCCC. The van der Waals surface area contributed by atoms with Crippen LogP contribution < -0.4 is 0 Å². The van der Waals surface area contributed by atoms with Crippen LogP contribution in [0.3, 0.4) is 0 Å². The van der Waals surface area contributed by atoms with E-state index in [0.717, 1.165) is 0 Å². The molecule has 0 aliphatic heterocycles. The third-order valence-corrected chi connectivity index (χ3v) is 17.1. The van der Waals surface area contributed by atoms with E-state index in [9.17, 15) is 0 Å². The summed E-state index contributed by atoms with van der Waals surface area (Å²) >= 11 is -1.18. The number of rotatable bonds is 24. The second-order valence-corrected chi connectivity index (χ2v) is 19.5. The second kappa shape index (κ2) is 25.9. The molecule has 0 rings (SSSR count). The molecule has 0 aromatic rings. The normalized spacial score (nSPS) is 11.2. The Bertz CT molecular complexity index is 220. The first-order valence-corrected chi connectivity index (χ1v) is 20.8. The van der Waals surface area contributed by atoms with Crippen molar-refractivity contribution >= 4 is 21.4 Å². The molecule has 0 nitrogen and oxygen atoms in total. The predicted molar refractivity (Wildman–Crippen MR) is 134 cm³/mol. The molecule has 0 aliphatic rings. The van der Waals surface area contributed by atoms with Crippen LogP contribution in [0.25, 0.3) is 0 Å². The Morgan fingerprint density at radius 2 is 0.500 bits per heavy atom. The predicted octanol–water partition coefficient (Wildman–Crippen LogP) is 10.7. The van der Waals surface area contributed by atoms with Crippen LogP contribution in [0.2, 0.25) is 12.5 Å². The van der Waals surface area contributed by atoms with E-state index in [1.807, 2.05) is 0 Å². The molecule has 0 atom stereocenters. The molecule has 0 bridgehead atoms. The van der Waals surface area contributed by atoms with Crippen LogP contribution in [0.5, 0.6) is 0 Å². The first-order chi connectivity index (χ1) is 13.8. The summed E-state index contributed by atoms with van der Waals surface area (Å²) in [5, 5.41) is 0. The fraction of sp³-hybridized carbons (Fsp3) is 1.00. The van der Waals surface area contributed by atoms with Crippen LogP contribution in [0.1, 0.15) is 156 Å². The van der Waals surface area contributed by atoms with Crippen molar-refractivity contribution in [2.24, 2.45) is 0 Å². The van der Waals surface area contributed by atoms with E-state index in [4.69, 9.17) is 0 Å². The zero-order valence-electron chi connectivity index (χ0n) is 20.5. The van der Waals surface area contributed by atoms with Gasteiger partial charge in [-0.25, -0.2) is 0 Å². The van der Waals surface area contributed by atoms with Gasteiger partial charge in [0.15, 0.2) is 0 Å².